The molecule has 2 fully saturated rings. The van der Waals surface area contributed by atoms with Crippen LogP contribution in [0.15, 0.2) is 36.4 Å². The SMILES string of the molecule is CC[C@H]1CC[C@@H](c2ccc(F)c(Cl)c2)N1C(=O)CN1C(=O)OC2(CCc3cc(NC(=O)NC)ccc32)C1=O. The zero-order valence-corrected chi connectivity index (χ0v) is 21.8. The first-order chi connectivity index (χ1) is 18.2. The molecular weight excluding hydrogens is 515 g/mol. The number of hydrogen-bond donors (Lipinski definition) is 2. The van der Waals surface area contributed by atoms with Gasteiger partial charge in [-0.25, -0.2) is 18.9 Å². The first kappa shape index (κ1) is 26.0. The van der Waals surface area contributed by atoms with Crippen molar-refractivity contribution in [3.05, 3.63) is 63.9 Å². The summed E-state index contributed by atoms with van der Waals surface area (Å²) in [6.45, 7) is 1.52. The molecule has 1 spiro atoms. The Morgan fingerprint density at radius 2 is 1.97 bits per heavy atom. The van der Waals surface area contributed by atoms with Crippen LogP contribution in [0.5, 0.6) is 0 Å². The summed E-state index contributed by atoms with van der Waals surface area (Å²) in [5, 5.41) is 5.14. The second-order valence-electron chi connectivity index (χ2n) is 9.79. The molecule has 2 aliphatic heterocycles. The topological polar surface area (TPSA) is 108 Å². The van der Waals surface area contributed by atoms with E-state index in [1.54, 1.807) is 29.2 Å². The van der Waals surface area contributed by atoms with Crippen LogP contribution in [-0.4, -0.2) is 53.4 Å². The van der Waals surface area contributed by atoms with E-state index < -0.39 is 30.0 Å². The van der Waals surface area contributed by atoms with Crippen molar-refractivity contribution < 1.29 is 28.3 Å². The minimum absolute atomic E-state index is 0.0244. The van der Waals surface area contributed by atoms with E-state index >= 15 is 0 Å². The molecule has 11 heteroatoms. The number of likely N-dealkylation sites (tertiary alicyclic amines) is 1. The molecule has 3 aliphatic rings. The third-order valence-corrected chi connectivity index (χ3v) is 8.02. The van der Waals surface area contributed by atoms with Gasteiger partial charge in [0.2, 0.25) is 11.5 Å². The molecule has 2 heterocycles. The van der Waals surface area contributed by atoms with E-state index in [9.17, 15) is 23.6 Å². The number of carbonyl (C=O) groups excluding carboxylic acids is 4. The fraction of sp³-hybridized carbons (Fsp3) is 0.407. The van der Waals surface area contributed by atoms with Crippen molar-refractivity contribution in [2.45, 2.75) is 56.7 Å². The lowest BCUT2D eigenvalue weighted by molar-refractivity contribution is -0.143. The molecule has 1 aliphatic carbocycles. The van der Waals surface area contributed by atoms with Crippen LogP contribution in [0.4, 0.5) is 19.7 Å². The van der Waals surface area contributed by atoms with Crippen molar-refractivity contribution in [3.63, 3.8) is 0 Å². The van der Waals surface area contributed by atoms with Crippen LogP contribution in [0.1, 0.15) is 55.3 Å². The summed E-state index contributed by atoms with van der Waals surface area (Å²) in [7, 11) is 1.51. The summed E-state index contributed by atoms with van der Waals surface area (Å²) in [6, 6.07) is 8.67. The van der Waals surface area contributed by atoms with Crippen LogP contribution in [0, 0.1) is 5.82 Å². The van der Waals surface area contributed by atoms with Gasteiger partial charge in [0.25, 0.3) is 5.91 Å². The number of aryl methyl sites for hydroxylation is 1. The normalized spacial score (nSPS) is 24.1. The molecule has 5 rings (SSSR count). The fourth-order valence-electron chi connectivity index (χ4n) is 5.85. The van der Waals surface area contributed by atoms with E-state index in [2.05, 4.69) is 10.6 Å². The van der Waals surface area contributed by atoms with Crippen LogP contribution in [0.3, 0.4) is 0 Å². The van der Waals surface area contributed by atoms with E-state index in [4.69, 9.17) is 16.3 Å². The second-order valence-corrected chi connectivity index (χ2v) is 10.2. The maximum absolute atomic E-state index is 13.8. The minimum Gasteiger partial charge on any atom is -0.427 e. The number of carbonyl (C=O) groups is 4. The van der Waals surface area contributed by atoms with Crippen LogP contribution in [-0.2, 0) is 26.3 Å². The standard InChI is InChI=1S/C27H28ClFN4O5/c1-3-18-6-9-22(16-4-8-21(29)20(28)13-16)33(18)23(34)14-32-24(35)27(38-26(32)37)11-10-15-12-17(5-7-19(15)27)31-25(36)30-2/h4-5,7-8,12-13,18,22H,3,6,9-11,14H2,1-2H3,(H2,30,31,36)/t18-,22-,27?/m0/s1. The predicted octanol–water partition coefficient (Wildman–Crippen LogP) is 4.49. The lowest BCUT2D eigenvalue weighted by Gasteiger charge is -2.31. The molecule has 2 aromatic rings. The Hall–Kier alpha value is -3.66. The average Bonchev–Trinajstić information content (AvgIpc) is 3.56. The highest BCUT2D eigenvalue weighted by Gasteiger charge is 2.58. The Kier molecular flexibility index (Phi) is 6.77. The number of fused-ring (bicyclic) bond motifs is 2. The first-order valence-electron chi connectivity index (χ1n) is 12.6. The molecular formula is C27H28ClFN4O5. The molecule has 3 atom stereocenters. The van der Waals surface area contributed by atoms with Crippen molar-refractivity contribution in [2.24, 2.45) is 0 Å². The number of hydrogen-bond acceptors (Lipinski definition) is 5. The van der Waals surface area contributed by atoms with Crippen LogP contribution in [0.25, 0.3) is 0 Å². The van der Waals surface area contributed by atoms with E-state index in [0.29, 0.717) is 36.1 Å². The van der Waals surface area contributed by atoms with Gasteiger partial charge in [-0.3, -0.25) is 9.59 Å². The number of nitrogens with zero attached hydrogens (tertiary/aromatic N) is 2. The van der Waals surface area contributed by atoms with Crippen molar-refractivity contribution in [3.8, 4) is 0 Å². The van der Waals surface area contributed by atoms with Crippen molar-refractivity contribution >= 4 is 41.2 Å². The predicted molar refractivity (Wildman–Crippen MR) is 137 cm³/mol. The molecule has 5 amide bonds. The highest BCUT2D eigenvalue weighted by atomic mass is 35.5. The molecule has 0 aromatic heterocycles. The highest BCUT2D eigenvalue weighted by Crippen LogP contribution is 2.46. The zero-order chi connectivity index (χ0) is 27.2. The summed E-state index contributed by atoms with van der Waals surface area (Å²) in [5.74, 6) is -1.50. The summed E-state index contributed by atoms with van der Waals surface area (Å²) in [4.78, 5) is 54.4. The third-order valence-electron chi connectivity index (χ3n) is 7.73. The highest BCUT2D eigenvalue weighted by molar-refractivity contribution is 6.30. The number of urea groups is 1. The zero-order valence-electron chi connectivity index (χ0n) is 21.1. The molecule has 2 saturated heterocycles. The monoisotopic (exact) mass is 542 g/mol. The van der Waals surface area contributed by atoms with Gasteiger partial charge in [-0.05, 0) is 61.1 Å². The van der Waals surface area contributed by atoms with Gasteiger partial charge in [-0.1, -0.05) is 30.7 Å². The van der Waals surface area contributed by atoms with Crippen LogP contribution < -0.4 is 10.6 Å². The number of imide groups is 1. The molecule has 200 valence electrons. The fourth-order valence-corrected chi connectivity index (χ4v) is 6.04. The number of rotatable bonds is 5. The molecule has 9 nitrogen and oxygen atoms in total. The smallest absolute Gasteiger partial charge is 0.418 e. The second kappa shape index (κ2) is 9.90. The van der Waals surface area contributed by atoms with Gasteiger partial charge in [0, 0.05) is 30.8 Å². The van der Waals surface area contributed by atoms with Crippen LogP contribution in [0.2, 0.25) is 5.02 Å². The van der Waals surface area contributed by atoms with E-state index in [1.165, 1.54) is 19.2 Å². The molecule has 0 saturated carbocycles. The van der Waals surface area contributed by atoms with E-state index in [0.717, 1.165) is 16.9 Å². The minimum atomic E-state index is -1.49. The Bertz CT molecular complexity index is 1340. The third kappa shape index (κ3) is 4.26. The first-order valence-corrected chi connectivity index (χ1v) is 13.0. The number of benzene rings is 2. The lowest BCUT2D eigenvalue weighted by Crippen LogP contribution is -2.46. The maximum atomic E-state index is 13.8. The molecule has 0 bridgehead atoms. The van der Waals surface area contributed by atoms with Gasteiger partial charge in [0.05, 0.1) is 11.1 Å². The molecule has 1 unspecified atom stereocenters. The van der Waals surface area contributed by atoms with Crippen LogP contribution >= 0.6 is 11.6 Å². The average molecular weight is 543 g/mol. The van der Waals surface area contributed by atoms with Crippen molar-refractivity contribution in [1.29, 1.82) is 0 Å². The van der Waals surface area contributed by atoms with Gasteiger partial charge in [-0.15, -0.1) is 0 Å². The maximum Gasteiger partial charge on any atom is 0.418 e. The quantitative estimate of drug-likeness (QED) is 0.578. The van der Waals surface area contributed by atoms with E-state index in [1.807, 2.05) is 6.92 Å². The van der Waals surface area contributed by atoms with Crippen molar-refractivity contribution in [1.82, 2.24) is 15.1 Å². The summed E-state index contributed by atoms with van der Waals surface area (Å²) < 4.78 is 19.4. The summed E-state index contributed by atoms with van der Waals surface area (Å²) in [6.07, 6.45) is 1.95. The number of amides is 5. The van der Waals surface area contributed by atoms with Gasteiger partial charge >= 0.3 is 12.1 Å². The van der Waals surface area contributed by atoms with Crippen molar-refractivity contribution in [2.75, 3.05) is 18.9 Å². The largest absolute Gasteiger partial charge is 0.427 e. The van der Waals surface area contributed by atoms with Gasteiger partial charge in [-0.2, -0.15) is 0 Å². The van der Waals surface area contributed by atoms with Gasteiger partial charge < -0.3 is 20.3 Å². The Morgan fingerprint density at radius 3 is 2.68 bits per heavy atom. The summed E-state index contributed by atoms with van der Waals surface area (Å²) >= 11 is 6.00. The molecule has 2 N–H and O–H groups in total. The van der Waals surface area contributed by atoms with E-state index in [-0.39, 0.29) is 35.5 Å². The van der Waals surface area contributed by atoms with Gasteiger partial charge in [0.1, 0.15) is 12.4 Å². The Morgan fingerprint density at radius 1 is 1.18 bits per heavy atom. The Balaban J connectivity index is 1.37. The molecule has 2 aromatic carbocycles. The Labute approximate surface area is 224 Å². The number of anilines is 1. The summed E-state index contributed by atoms with van der Waals surface area (Å²) in [5.41, 5.74) is 1.11. The molecule has 38 heavy (non-hydrogen) atoms. The number of nitrogens with one attached hydrogen (secondary N) is 2. The lowest BCUT2D eigenvalue weighted by atomic mass is 9.94. The molecule has 0 radical (unpaired) electrons. The van der Waals surface area contributed by atoms with Gasteiger partial charge in [0.15, 0.2) is 0 Å². The number of ether oxygens (including phenoxy) is 1. The number of halogens is 2.